The highest BCUT2D eigenvalue weighted by atomic mass is 16.6. The van der Waals surface area contributed by atoms with Gasteiger partial charge < -0.3 is 10.2 Å². The predicted molar refractivity (Wildman–Crippen MR) is 125 cm³/mol. The van der Waals surface area contributed by atoms with Gasteiger partial charge in [0.1, 0.15) is 6.33 Å². The van der Waals surface area contributed by atoms with Gasteiger partial charge >= 0.3 is 5.69 Å². The van der Waals surface area contributed by atoms with E-state index in [0.29, 0.717) is 6.54 Å². The van der Waals surface area contributed by atoms with E-state index in [1.54, 1.807) is 0 Å². The summed E-state index contributed by atoms with van der Waals surface area (Å²) >= 11 is 0. The molecule has 4 aromatic rings. The third kappa shape index (κ3) is 3.90. The zero-order valence-corrected chi connectivity index (χ0v) is 17.7. The first-order valence-corrected chi connectivity index (χ1v) is 10.1. The summed E-state index contributed by atoms with van der Waals surface area (Å²) < 4.78 is 0. The minimum Gasteiger partial charge on any atom is -0.334 e. The van der Waals surface area contributed by atoms with Crippen molar-refractivity contribution in [3.8, 4) is 0 Å². The molecule has 1 N–H and O–H groups in total. The molecule has 0 radical (unpaired) electrons. The Kier molecular flexibility index (Phi) is 5.49. The van der Waals surface area contributed by atoms with E-state index in [1.807, 2.05) is 86.3 Å². The molecule has 3 aromatic carbocycles. The van der Waals surface area contributed by atoms with Crippen LogP contribution in [-0.2, 0) is 0 Å². The lowest BCUT2D eigenvalue weighted by atomic mass is 10.1. The van der Waals surface area contributed by atoms with Crippen molar-refractivity contribution < 1.29 is 4.92 Å². The molecular formula is C24H23N5O2. The van der Waals surface area contributed by atoms with Gasteiger partial charge in [-0.15, -0.1) is 0 Å². The minimum atomic E-state index is -0.422. The van der Waals surface area contributed by atoms with Crippen molar-refractivity contribution in [1.82, 2.24) is 9.97 Å². The molecule has 0 aliphatic heterocycles. The number of fused-ring (bicyclic) bond motifs is 1. The normalized spacial score (nSPS) is 10.8. The molecule has 0 unspecified atom stereocenters. The first-order valence-electron chi connectivity index (χ1n) is 10.1. The van der Waals surface area contributed by atoms with Crippen LogP contribution in [0.4, 0.5) is 28.7 Å². The van der Waals surface area contributed by atoms with E-state index in [4.69, 9.17) is 0 Å². The predicted octanol–water partition coefficient (Wildman–Crippen LogP) is 6.06. The van der Waals surface area contributed by atoms with Crippen LogP contribution in [0.15, 0.2) is 67.0 Å². The third-order valence-corrected chi connectivity index (χ3v) is 5.25. The summed E-state index contributed by atoms with van der Waals surface area (Å²) in [6, 6.07) is 19.8. The lowest BCUT2D eigenvalue weighted by molar-refractivity contribution is -0.383. The molecule has 31 heavy (non-hydrogen) atoms. The molecule has 0 saturated heterocycles. The van der Waals surface area contributed by atoms with Crippen LogP contribution in [0.25, 0.3) is 10.8 Å². The summed E-state index contributed by atoms with van der Waals surface area (Å²) in [5.41, 5.74) is 3.58. The first-order chi connectivity index (χ1) is 15.0. The molecule has 156 valence electrons. The smallest absolute Gasteiger partial charge is 0.334 e. The number of nitrogens with zero attached hydrogens (tertiary/aromatic N) is 4. The summed E-state index contributed by atoms with van der Waals surface area (Å²) in [4.78, 5) is 22.1. The van der Waals surface area contributed by atoms with Crippen molar-refractivity contribution in [2.45, 2.75) is 20.8 Å². The number of rotatable bonds is 6. The van der Waals surface area contributed by atoms with Gasteiger partial charge in [0.15, 0.2) is 0 Å². The number of nitro groups is 1. The molecule has 0 amide bonds. The molecule has 0 bridgehead atoms. The van der Waals surface area contributed by atoms with Crippen LogP contribution in [0.3, 0.4) is 0 Å². The van der Waals surface area contributed by atoms with Crippen molar-refractivity contribution in [1.29, 1.82) is 0 Å². The summed E-state index contributed by atoms with van der Waals surface area (Å²) in [6.07, 6.45) is 1.36. The highest BCUT2D eigenvalue weighted by Crippen LogP contribution is 2.39. The van der Waals surface area contributed by atoms with E-state index >= 15 is 0 Å². The number of hydrogen-bond acceptors (Lipinski definition) is 6. The van der Waals surface area contributed by atoms with E-state index in [2.05, 4.69) is 15.3 Å². The monoisotopic (exact) mass is 413 g/mol. The minimum absolute atomic E-state index is 0.155. The zero-order chi connectivity index (χ0) is 22.0. The Bertz CT molecular complexity index is 1270. The van der Waals surface area contributed by atoms with Crippen molar-refractivity contribution in [2.24, 2.45) is 0 Å². The number of aromatic nitrogens is 2. The lowest BCUT2D eigenvalue weighted by Crippen LogP contribution is -2.20. The molecule has 0 fully saturated rings. The summed E-state index contributed by atoms with van der Waals surface area (Å²) in [5.74, 6) is 0.423. The summed E-state index contributed by atoms with van der Waals surface area (Å²) in [7, 11) is 0. The Labute approximate surface area is 180 Å². The average molecular weight is 413 g/mol. The van der Waals surface area contributed by atoms with Crippen molar-refractivity contribution in [3.05, 3.63) is 88.2 Å². The Morgan fingerprint density at radius 2 is 1.81 bits per heavy atom. The van der Waals surface area contributed by atoms with Crippen LogP contribution in [0.1, 0.15) is 18.1 Å². The standard InChI is InChI=1S/C24H23N5O2/c1-4-28(21-11-7-9-18-8-5-6-10-19(18)21)24-22(29(30)31)23(25-15-26-24)27-20-13-12-16(2)14-17(20)3/h5-15H,4H2,1-3H3,(H,25,26,27). The zero-order valence-electron chi connectivity index (χ0n) is 17.7. The van der Waals surface area contributed by atoms with Gasteiger partial charge in [-0.05, 0) is 43.9 Å². The van der Waals surface area contributed by atoms with E-state index in [1.165, 1.54) is 6.33 Å². The maximum Gasteiger partial charge on any atom is 0.354 e. The fraction of sp³-hybridized carbons (Fsp3) is 0.167. The highest BCUT2D eigenvalue weighted by molar-refractivity contribution is 5.97. The van der Waals surface area contributed by atoms with Crippen LogP contribution in [0.5, 0.6) is 0 Å². The second kappa shape index (κ2) is 8.39. The number of anilines is 4. The molecule has 1 aromatic heterocycles. The highest BCUT2D eigenvalue weighted by Gasteiger charge is 2.28. The second-order valence-electron chi connectivity index (χ2n) is 7.34. The van der Waals surface area contributed by atoms with Gasteiger partial charge in [0.05, 0.1) is 10.6 Å². The van der Waals surface area contributed by atoms with Gasteiger partial charge in [0, 0.05) is 17.6 Å². The Hall–Kier alpha value is -4.00. The molecule has 0 aliphatic rings. The molecule has 0 atom stereocenters. The molecule has 7 heteroatoms. The van der Waals surface area contributed by atoms with E-state index < -0.39 is 4.92 Å². The Morgan fingerprint density at radius 1 is 1.03 bits per heavy atom. The Morgan fingerprint density at radius 3 is 2.55 bits per heavy atom. The van der Waals surface area contributed by atoms with Gasteiger partial charge in [0.25, 0.3) is 0 Å². The molecular weight excluding hydrogens is 390 g/mol. The van der Waals surface area contributed by atoms with Crippen molar-refractivity contribution in [2.75, 3.05) is 16.8 Å². The van der Waals surface area contributed by atoms with Crippen molar-refractivity contribution >= 4 is 39.5 Å². The number of aryl methyl sites for hydroxylation is 2. The van der Waals surface area contributed by atoms with Gasteiger partial charge in [-0.1, -0.05) is 54.1 Å². The average Bonchev–Trinajstić information content (AvgIpc) is 2.76. The largest absolute Gasteiger partial charge is 0.354 e. The maximum absolute atomic E-state index is 12.1. The van der Waals surface area contributed by atoms with Crippen LogP contribution < -0.4 is 10.2 Å². The van der Waals surface area contributed by atoms with Crippen LogP contribution >= 0.6 is 0 Å². The third-order valence-electron chi connectivity index (χ3n) is 5.25. The van der Waals surface area contributed by atoms with Crippen molar-refractivity contribution in [3.63, 3.8) is 0 Å². The second-order valence-corrected chi connectivity index (χ2v) is 7.34. The maximum atomic E-state index is 12.1. The van der Waals surface area contributed by atoms with E-state index in [9.17, 15) is 10.1 Å². The topological polar surface area (TPSA) is 84.2 Å². The SMILES string of the molecule is CCN(c1ncnc(Nc2ccc(C)cc2C)c1[N+](=O)[O-])c1cccc2ccccc12. The van der Waals surface area contributed by atoms with Crippen LogP contribution in [0.2, 0.25) is 0 Å². The Balaban J connectivity index is 1.85. The number of hydrogen-bond donors (Lipinski definition) is 1. The number of benzene rings is 3. The quantitative estimate of drug-likeness (QED) is 0.306. The molecule has 0 saturated carbocycles. The van der Waals surface area contributed by atoms with Gasteiger partial charge in [-0.3, -0.25) is 10.1 Å². The fourth-order valence-electron chi connectivity index (χ4n) is 3.79. The lowest BCUT2D eigenvalue weighted by Gasteiger charge is -2.24. The summed E-state index contributed by atoms with van der Waals surface area (Å²) in [6.45, 7) is 6.42. The summed E-state index contributed by atoms with van der Waals surface area (Å²) in [5, 5.41) is 17.3. The van der Waals surface area contributed by atoms with Gasteiger partial charge in [-0.25, -0.2) is 9.97 Å². The molecule has 7 nitrogen and oxygen atoms in total. The van der Waals surface area contributed by atoms with Gasteiger partial charge in [0.2, 0.25) is 11.6 Å². The van der Waals surface area contributed by atoms with Crippen LogP contribution in [0, 0.1) is 24.0 Å². The van der Waals surface area contributed by atoms with Gasteiger partial charge in [-0.2, -0.15) is 0 Å². The first kappa shape index (κ1) is 20.3. The number of nitrogens with one attached hydrogen (secondary N) is 1. The molecule has 1 heterocycles. The molecule has 0 aliphatic carbocycles. The van der Waals surface area contributed by atoms with E-state index in [-0.39, 0.29) is 17.3 Å². The fourth-order valence-corrected chi connectivity index (χ4v) is 3.79. The van der Waals surface area contributed by atoms with Crippen LogP contribution in [-0.4, -0.2) is 21.4 Å². The molecule has 0 spiro atoms. The molecule has 4 rings (SSSR count). The van der Waals surface area contributed by atoms with E-state index in [0.717, 1.165) is 33.3 Å².